The molecule has 0 bridgehead atoms. The van der Waals surface area contributed by atoms with E-state index in [1.54, 1.807) is 0 Å². The van der Waals surface area contributed by atoms with Crippen LogP contribution in [0.2, 0.25) is 0 Å². The monoisotopic (exact) mass is 307 g/mol. The molecule has 0 radical (unpaired) electrons. The molecule has 0 aliphatic rings. The van der Waals surface area contributed by atoms with E-state index >= 15 is 0 Å². The van der Waals surface area contributed by atoms with Gasteiger partial charge in [0.15, 0.2) is 0 Å². The van der Waals surface area contributed by atoms with E-state index in [0.29, 0.717) is 6.04 Å². The van der Waals surface area contributed by atoms with Crippen LogP contribution < -0.4 is 11.1 Å². The van der Waals surface area contributed by atoms with Crippen molar-refractivity contribution >= 4 is 32.5 Å². The fraction of sp³-hybridized carbons (Fsp3) is 0.357. The Balaban J connectivity index is 2.25. The first kappa shape index (κ1) is 13.3. The number of fused-ring (bicyclic) bond motifs is 1. The van der Waals surface area contributed by atoms with Crippen LogP contribution in [0.25, 0.3) is 10.8 Å². The standard InChI is InChI=1S/C14H18BrN3/c1-10(4-3-8-16)18-14-12-5-2-6-13(15)11(12)7-9-17-14/h2,5-7,9-10H,3-4,8,16H2,1H3,(H,17,18). The number of hydrogen-bond donors (Lipinski definition) is 2. The van der Waals surface area contributed by atoms with E-state index in [1.807, 2.05) is 24.4 Å². The first-order valence-electron chi connectivity index (χ1n) is 6.22. The van der Waals surface area contributed by atoms with Gasteiger partial charge in [0.05, 0.1) is 0 Å². The molecular weight excluding hydrogens is 290 g/mol. The molecule has 18 heavy (non-hydrogen) atoms. The normalized spacial score (nSPS) is 12.6. The zero-order chi connectivity index (χ0) is 13.0. The van der Waals surface area contributed by atoms with E-state index in [9.17, 15) is 0 Å². The van der Waals surface area contributed by atoms with Crippen LogP contribution in [-0.2, 0) is 0 Å². The fourth-order valence-electron chi connectivity index (χ4n) is 2.01. The van der Waals surface area contributed by atoms with Gasteiger partial charge >= 0.3 is 0 Å². The minimum atomic E-state index is 0.380. The van der Waals surface area contributed by atoms with Gasteiger partial charge in [-0.2, -0.15) is 0 Å². The molecule has 1 aromatic heterocycles. The van der Waals surface area contributed by atoms with Crippen molar-refractivity contribution < 1.29 is 0 Å². The summed E-state index contributed by atoms with van der Waals surface area (Å²) in [5, 5.41) is 5.79. The smallest absolute Gasteiger partial charge is 0.134 e. The molecule has 4 heteroatoms. The number of pyridine rings is 1. The summed E-state index contributed by atoms with van der Waals surface area (Å²) < 4.78 is 1.10. The number of halogens is 1. The molecule has 0 aliphatic heterocycles. The number of nitrogens with two attached hydrogens (primary N) is 1. The summed E-state index contributed by atoms with van der Waals surface area (Å²) in [5.41, 5.74) is 5.53. The lowest BCUT2D eigenvalue weighted by Crippen LogP contribution is -2.17. The van der Waals surface area contributed by atoms with E-state index in [4.69, 9.17) is 5.73 Å². The minimum Gasteiger partial charge on any atom is -0.367 e. The van der Waals surface area contributed by atoms with E-state index < -0.39 is 0 Å². The molecule has 2 rings (SSSR count). The number of nitrogens with zero attached hydrogens (tertiary/aromatic N) is 1. The highest BCUT2D eigenvalue weighted by Crippen LogP contribution is 2.28. The highest BCUT2D eigenvalue weighted by atomic mass is 79.9. The van der Waals surface area contributed by atoms with Crippen LogP contribution in [0.5, 0.6) is 0 Å². The van der Waals surface area contributed by atoms with Crippen LogP contribution in [0, 0.1) is 0 Å². The van der Waals surface area contributed by atoms with Crippen LogP contribution in [0.3, 0.4) is 0 Å². The average molecular weight is 308 g/mol. The SMILES string of the molecule is CC(CCCN)Nc1nccc2c(Br)cccc12. The second-order valence-electron chi connectivity index (χ2n) is 4.47. The number of anilines is 1. The van der Waals surface area contributed by atoms with E-state index in [2.05, 4.69) is 39.2 Å². The summed E-state index contributed by atoms with van der Waals surface area (Å²) in [6, 6.07) is 8.57. The zero-order valence-corrected chi connectivity index (χ0v) is 12.1. The maximum absolute atomic E-state index is 5.53. The maximum Gasteiger partial charge on any atom is 0.134 e. The molecule has 1 heterocycles. The van der Waals surface area contributed by atoms with Gasteiger partial charge in [0.2, 0.25) is 0 Å². The van der Waals surface area contributed by atoms with Gasteiger partial charge in [-0.05, 0) is 38.4 Å². The molecule has 1 atom stereocenters. The van der Waals surface area contributed by atoms with Gasteiger partial charge in [-0.25, -0.2) is 4.98 Å². The Morgan fingerprint density at radius 1 is 1.33 bits per heavy atom. The molecular formula is C14H18BrN3. The lowest BCUT2D eigenvalue weighted by atomic mass is 10.1. The highest BCUT2D eigenvalue weighted by Gasteiger charge is 2.07. The molecule has 0 spiro atoms. The summed E-state index contributed by atoms with van der Waals surface area (Å²) in [7, 11) is 0. The molecule has 2 aromatic rings. The lowest BCUT2D eigenvalue weighted by Gasteiger charge is -2.15. The van der Waals surface area contributed by atoms with Crippen molar-refractivity contribution in [3.05, 3.63) is 34.9 Å². The lowest BCUT2D eigenvalue weighted by molar-refractivity contribution is 0.661. The maximum atomic E-state index is 5.53. The largest absolute Gasteiger partial charge is 0.367 e. The average Bonchev–Trinajstić information content (AvgIpc) is 2.38. The molecule has 0 fully saturated rings. The topological polar surface area (TPSA) is 50.9 Å². The van der Waals surface area contributed by atoms with Crippen LogP contribution in [0.4, 0.5) is 5.82 Å². The number of rotatable bonds is 5. The number of hydrogen-bond acceptors (Lipinski definition) is 3. The summed E-state index contributed by atoms with van der Waals surface area (Å²) >= 11 is 3.57. The number of benzene rings is 1. The van der Waals surface area contributed by atoms with E-state index in [-0.39, 0.29) is 0 Å². The Hall–Kier alpha value is -1.13. The van der Waals surface area contributed by atoms with Gasteiger partial charge in [0, 0.05) is 27.5 Å². The molecule has 96 valence electrons. The third kappa shape index (κ3) is 3.00. The molecule has 3 N–H and O–H groups in total. The Labute approximate surface area is 116 Å². The molecule has 0 aliphatic carbocycles. The first-order valence-corrected chi connectivity index (χ1v) is 7.01. The van der Waals surface area contributed by atoms with Crippen LogP contribution in [-0.4, -0.2) is 17.6 Å². The van der Waals surface area contributed by atoms with Crippen LogP contribution >= 0.6 is 15.9 Å². The molecule has 3 nitrogen and oxygen atoms in total. The third-order valence-electron chi connectivity index (χ3n) is 2.98. The van der Waals surface area contributed by atoms with Crippen molar-refractivity contribution in [1.29, 1.82) is 0 Å². The summed E-state index contributed by atoms with van der Waals surface area (Å²) in [6.45, 7) is 2.90. The Morgan fingerprint density at radius 3 is 2.94 bits per heavy atom. The highest BCUT2D eigenvalue weighted by molar-refractivity contribution is 9.10. The van der Waals surface area contributed by atoms with E-state index in [1.165, 1.54) is 5.39 Å². The van der Waals surface area contributed by atoms with Gasteiger partial charge in [-0.15, -0.1) is 0 Å². The van der Waals surface area contributed by atoms with Crippen molar-refractivity contribution in [2.24, 2.45) is 5.73 Å². The van der Waals surface area contributed by atoms with Crippen molar-refractivity contribution in [3.63, 3.8) is 0 Å². The summed E-state index contributed by atoms with van der Waals surface area (Å²) in [5.74, 6) is 0.943. The van der Waals surface area contributed by atoms with Gasteiger partial charge in [0.25, 0.3) is 0 Å². The summed E-state index contributed by atoms with van der Waals surface area (Å²) in [4.78, 5) is 4.43. The molecule has 1 unspecified atom stereocenters. The van der Waals surface area contributed by atoms with Gasteiger partial charge in [-0.1, -0.05) is 28.1 Å². The Bertz CT molecular complexity index is 527. The van der Waals surface area contributed by atoms with Gasteiger partial charge < -0.3 is 11.1 Å². The predicted molar refractivity (Wildman–Crippen MR) is 80.8 cm³/mol. The Morgan fingerprint density at radius 2 is 2.17 bits per heavy atom. The Kier molecular flexibility index (Phi) is 4.55. The molecule has 0 saturated carbocycles. The minimum absolute atomic E-state index is 0.380. The van der Waals surface area contributed by atoms with Crippen molar-refractivity contribution in [3.8, 4) is 0 Å². The van der Waals surface area contributed by atoms with Crippen molar-refractivity contribution in [1.82, 2.24) is 4.98 Å². The molecule has 1 aromatic carbocycles. The predicted octanol–water partition coefficient (Wildman–Crippen LogP) is 3.54. The fourth-order valence-corrected chi connectivity index (χ4v) is 2.51. The summed E-state index contributed by atoms with van der Waals surface area (Å²) in [6.07, 6.45) is 3.93. The quantitative estimate of drug-likeness (QED) is 0.888. The third-order valence-corrected chi connectivity index (χ3v) is 3.67. The second kappa shape index (κ2) is 6.16. The van der Waals surface area contributed by atoms with Crippen molar-refractivity contribution in [2.75, 3.05) is 11.9 Å². The second-order valence-corrected chi connectivity index (χ2v) is 5.33. The number of nitrogens with one attached hydrogen (secondary N) is 1. The van der Waals surface area contributed by atoms with Crippen LogP contribution in [0.1, 0.15) is 19.8 Å². The van der Waals surface area contributed by atoms with Crippen molar-refractivity contribution in [2.45, 2.75) is 25.8 Å². The molecule has 0 amide bonds. The zero-order valence-electron chi connectivity index (χ0n) is 10.5. The van der Waals surface area contributed by atoms with Gasteiger partial charge in [-0.3, -0.25) is 0 Å². The first-order chi connectivity index (χ1) is 8.72. The number of aromatic nitrogens is 1. The molecule has 0 saturated heterocycles. The van der Waals surface area contributed by atoms with Crippen LogP contribution in [0.15, 0.2) is 34.9 Å². The van der Waals surface area contributed by atoms with Gasteiger partial charge in [0.1, 0.15) is 5.82 Å². The van der Waals surface area contributed by atoms with E-state index in [0.717, 1.165) is 35.1 Å².